The van der Waals surface area contributed by atoms with Crippen molar-refractivity contribution < 1.29 is 13.9 Å². The van der Waals surface area contributed by atoms with Gasteiger partial charge in [0.2, 0.25) is 11.8 Å². The molecule has 1 atom stereocenters. The topological polar surface area (TPSA) is 78.5 Å². The Morgan fingerprint density at radius 1 is 1.52 bits per heavy atom. The number of hydrogen-bond acceptors (Lipinski definition) is 5. The third kappa shape index (κ3) is 4.31. The molecule has 0 bridgehead atoms. The fourth-order valence-electron chi connectivity index (χ4n) is 1.92. The average Bonchev–Trinajstić information content (AvgIpc) is 2.72. The number of methoxy groups -OCH3 is 1. The average molecular weight is 293 g/mol. The molecule has 1 aromatic rings. The second-order valence-corrected chi connectivity index (χ2v) is 5.09. The Balaban J connectivity index is 2.68. The Labute approximate surface area is 125 Å². The van der Waals surface area contributed by atoms with Crippen LogP contribution in [0.2, 0.25) is 0 Å². The monoisotopic (exact) mass is 293 g/mol. The van der Waals surface area contributed by atoms with Crippen molar-refractivity contribution >= 4 is 11.8 Å². The van der Waals surface area contributed by atoms with Crippen molar-refractivity contribution in [2.24, 2.45) is 0 Å². The number of aryl methyl sites for hydroxylation is 1. The Kier molecular flexibility index (Phi) is 6.40. The molecule has 6 heteroatoms. The van der Waals surface area contributed by atoms with Crippen molar-refractivity contribution in [3.05, 3.63) is 16.9 Å². The van der Waals surface area contributed by atoms with E-state index in [2.05, 4.69) is 11.4 Å². The molecule has 1 aromatic heterocycles. The van der Waals surface area contributed by atoms with Crippen LogP contribution in [0.3, 0.4) is 0 Å². The van der Waals surface area contributed by atoms with E-state index < -0.39 is 0 Å². The number of nitrogens with one attached hydrogen (secondary N) is 1. The molecule has 21 heavy (non-hydrogen) atoms. The van der Waals surface area contributed by atoms with Gasteiger partial charge in [-0.15, -0.1) is 0 Å². The van der Waals surface area contributed by atoms with Crippen molar-refractivity contribution in [1.82, 2.24) is 4.90 Å². The summed E-state index contributed by atoms with van der Waals surface area (Å²) in [7, 11) is 3.53. The second-order valence-electron chi connectivity index (χ2n) is 5.09. The number of furan rings is 1. The maximum Gasteiger partial charge on any atom is 0.243 e. The highest BCUT2D eigenvalue weighted by molar-refractivity contribution is 5.94. The number of rotatable bonds is 7. The summed E-state index contributed by atoms with van der Waals surface area (Å²) >= 11 is 0. The summed E-state index contributed by atoms with van der Waals surface area (Å²) in [6, 6.07) is 1.74. The highest BCUT2D eigenvalue weighted by Gasteiger charge is 2.22. The van der Waals surface area contributed by atoms with Crippen LogP contribution in [0.4, 0.5) is 5.88 Å². The molecular weight excluding hydrogens is 270 g/mol. The second kappa shape index (κ2) is 7.81. The summed E-state index contributed by atoms with van der Waals surface area (Å²) in [5, 5.41) is 11.8. The molecule has 0 fully saturated rings. The molecule has 0 aliphatic carbocycles. The third-order valence-corrected chi connectivity index (χ3v) is 3.63. The predicted octanol–water partition coefficient (Wildman–Crippen LogP) is 2.06. The Bertz CT molecular complexity index is 531. The normalized spacial score (nSPS) is 12.2. The highest BCUT2D eigenvalue weighted by Crippen LogP contribution is 2.25. The minimum atomic E-state index is -0.320. The molecule has 6 nitrogen and oxygen atoms in total. The fourth-order valence-corrected chi connectivity index (χ4v) is 1.92. The summed E-state index contributed by atoms with van der Waals surface area (Å²) in [5.41, 5.74) is 1.14. The molecule has 1 N–H and O–H groups in total. The standard InChI is InChI=1S/C15H23N3O3/c1-10-12(3)21-15(13(10)9-16)17-14(19)11(2)18(4)7-6-8-20-5/h11H,6-8H2,1-5H3,(H,17,19). The molecule has 0 spiro atoms. The van der Waals surface area contributed by atoms with Gasteiger partial charge in [0.15, 0.2) is 0 Å². The lowest BCUT2D eigenvalue weighted by Crippen LogP contribution is -2.40. The van der Waals surface area contributed by atoms with Crippen LogP contribution in [-0.2, 0) is 9.53 Å². The smallest absolute Gasteiger partial charge is 0.243 e. The van der Waals surface area contributed by atoms with E-state index >= 15 is 0 Å². The summed E-state index contributed by atoms with van der Waals surface area (Å²) in [4.78, 5) is 14.2. The van der Waals surface area contributed by atoms with Gasteiger partial charge in [0.05, 0.1) is 6.04 Å². The number of nitriles is 1. The number of carbonyl (C=O) groups excluding carboxylic acids is 1. The lowest BCUT2D eigenvalue weighted by Gasteiger charge is -2.23. The summed E-state index contributed by atoms with van der Waals surface area (Å²) in [6.07, 6.45) is 0.854. The zero-order chi connectivity index (χ0) is 16.0. The van der Waals surface area contributed by atoms with Crippen molar-refractivity contribution in [3.63, 3.8) is 0 Å². The molecule has 0 aliphatic heterocycles. The zero-order valence-corrected chi connectivity index (χ0v) is 13.3. The van der Waals surface area contributed by atoms with Gasteiger partial charge in [0.1, 0.15) is 17.4 Å². The van der Waals surface area contributed by atoms with Crippen molar-refractivity contribution in [2.75, 3.05) is 32.6 Å². The molecule has 1 rings (SSSR count). The number of likely N-dealkylation sites (N-methyl/N-ethyl adjacent to an activating group) is 1. The number of nitrogens with zero attached hydrogens (tertiary/aromatic N) is 2. The van der Waals surface area contributed by atoms with Gasteiger partial charge in [-0.25, -0.2) is 0 Å². The highest BCUT2D eigenvalue weighted by atomic mass is 16.5. The predicted molar refractivity (Wildman–Crippen MR) is 80.1 cm³/mol. The first-order valence-corrected chi connectivity index (χ1v) is 6.92. The minimum absolute atomic E-state index is 0.194. The molecule has 1 amide bonds. The van der Waals surface area contributed by atoms with Crippen LogP contribution in [-0.4, -0.2) is 44.2 Å². The van der Waals surface area contributed by atoms with Crippen molar-refractivity contribution in [3.8, 4) is 6.07 Å². The quantitative estimate of drug-likeness (QED) is 0.779. The molecule has 0 aromatic carbocycles. The van der Waals surface area contributed by atoms with E-state index in [1.165, 1.54) is 0 Å². The van der Waals surface area contributed by atoms with E-state index in [4.69, 9.17) is 14.4 Å². The SMILES string of the molecule is COCCCN(C)C(C)C(=O)Nc1oc(C)c(C)c1C#N. The van der Waals surface area contributed by atoms with Gasteiger partial charge in [0, 0.05) is 25.8 Å². The van der Waals surface area contributed by atoms with Gasteiger partial charge in [-0.1, -0.05) is 0 Å². The molecular formula is C15H23N3O3. The van der Waals surface area contributed by atoms with Gasteiger partial charge in [-0.3, -0.25) is 15.0 Å². The largest absolute Gasteiger partial charge is 0.444 e. The van der Waals surface area contributed by atoms with Crippen LogP contribution in [0.15, 0.2) is 4.42 Å². The van der Waals surface area contributed by atoms with Gasteiger partial charge in [0.25, 0.3) is 0 Å². The molecule has 0 aliphatic rings. The van der Waals surface area contributed by atoms with Crippen molar-refractivity contribution in [2.45, 2.75) is 33.2 Å². The molecule has 0 saturated carbocycles. The lowest BCUT2D eigenvalue weighted by molar-refractivity contribution is -0.120. The maximum absolute atomic E-state index is 12.2. The Morgan fingerprint density at radius 2 is 2.19 bits per heavy atom. The van der Waals surface area contributed by atoms with Crippen LogP contribution in [0, 0.1) is 25.2 Å². The zero-order valence-electron chi connectivity index (χ0n) is 13.3. The molecule has 1 unspecified atom stereocenters. The number of ether oxygens (including phenoxy) is 1. The van der Waals surface area contributed by atoms with E-state index in [9.17, 15) is 4.79 Å². The van der Waals surface area contributed by atoms with Crippen molar-refractivity contribution in [1.29, 1.82) is 5.26 Å². The fraction of sp³-hybridized carbons (Fsp3) is 0.600. The Hall–Kier alpha value is -1.84. The first-order valence-electron chi connectivity index (χ1n) is 6.92. The van der Waals surface area contributed by atoms with Crippen LogP contribution in [0.25, 0.3) is 0 Å². The van der Waals surface area contributed by atoms with Crippen LogP contribution in [0.1, 0.15) is 30.2 Å². The van der Waals surface area contributed by atoms with E-state index in [1.54, 1.807) is 21.0 Å². The van der Waals surface area contributed by atoms with Gasteiger partial charge in [-0.2, -0.15) is 5.26 Å². The van der Waals surface area contributed by atoms with Crippen LogP contribution >= 0.6 is 0 Å². The van der Waals surface area contributed by atoms with Crippen LogP contribution in [0.5, 0.6) is 0 Å². The molecule has 1 heterocycles. The first-order chi connectivity index (χ1) is 9.92. The lowest BCUT2D eigenvalue weighted by atomic mass is 10.2. The third-order valence-electron chi connectivity index (χ3n) is 3.63. The summed E-state index contributed by atoms with van der Waals surface area (Å²) < 4.78 is 10.4. The molecule has 116 valence electrons. The molecule has 0 radical (unpaired) electrons. The first kappa shape index (κ1) is 17.2. The number of anilines is 1. The van der Waals surface area contributed by atoms with E-state index in [1.807, 2.05) is 18.9 Å². The molecule has 0 saturated heterocycles. The van der Waals surface area contributed by atoms with Gasteiger partial charge < -0.3 is 9.15 Å². The number of carbonyl (C=O) groups is 1. The number of amides is 1. The number of hydrogen-bond donors (Lipinski definition) is 1. The van der Waals surface area contributed by atoms with Crippen LogP contribution < -0.4 is 5.32 Å². The van der Waals surface area contributed by atoms with E-state index in [0.717, 1.165) is 18.5 Å². The van der Waals surface area contributed by atoms with Gasteiger partial charge >= 0.3 is 0 Å². The van der Waals surface area contributed by atoms with E-state index in [-0.39, 0.29) is 17.8 Å². The van der Waals surface area contributed by atoms with E-state index in [0.29, 0.717) is 17.9 Å². The summed E-state index contributed by atoms with van der Waals surface area (Å²) in [5.74, 6) is 0.678. The Morgan fingerprint density at radius 3 is 2.76 bits per heavy atom. The van der Waals surface area contributed by atoms with Gasteiger partial charge in [-0.05, 0) is 34.2 Å². The minimum Gasteiger partial charge on any atom is -0.444 e. The summed E-state index contributed by atoms with van der Waals surface area (Å²) in [6.45, 7) is 6.80. The maximum atomic E-state index is 12.2.